The molecule has 18 heavy (non-hydrogen) atoms. The summed E-state index contributed by atoms with van der Waals surface area (Å²) in [4.78, 5) is 2.37. The Morgan fingerprint density at radius 3 is 2.44 bits per heavy atom. The summed E-state index contributed by atoms with van der Waals surface area (Å²) in [6.45, 7) is 3.07. The van der Waals surface area contributed by atoms with Gasteiger partial charge in [0.15, 0.2) is 0 Å². The lowest BCUT2D eigenvalue weighted by Crippen LogP contribution is -2.37. The van der Waals surface area contributed by atoms with Crippen molar-refractivity contribution in [2.75, 3.05) is 26.7 Å². The van der Waals surface area contributed by atoms with E-state index in [1.54, 1.807) is 7.11 Å². The van der Waals surface area contributed by atoms with Crippen molar-refractivity contribution in [3.63, 3.8) is 0 Å². The van der Waals surface area contributed by atoms with E-state index in [2.05, 4.69) is 4.90 Å². The van der Waals surface area contributed by atoms with Crippen LogP contribution in [0.3, 0.4) is 0 Å². The number of aliphatic hydroxyl groups excluding tert-OH is 1. The van der Waals surface area contributed by atoms with Crippen LogP contribution in [0, 0.1) is 0 Å². The highest BCUT2D eigenvalue weighted by atomic mass is 16.5. The Bertz CT molecular complexity index is 344. The number of methoxy groups -OCH3 is 1. The minimum Gasteiger partial charge on any atom is -0.497 e. The Hall–Kier alpha value is -1.06. The van der Waals surface area contributed by atoms with Gasteiger partial charge in [0.1, 0.15) is 5.75 Å². The first kappa shape index (κ1) is 13.4. The fourth-order valence-electron chi connectivity index (χ4n) is 2.54. The quantitative estimate of drug-likeness (QED) is 0.867. The standard InChI is InChI=1S/C15H23NO2/c1-18-15-7-5-13(6-8-15)11-14(17)12-16-9-3-2-4-10-16/h5-8,14,17H,2-4,9-12H2,1H3/t14-/m1/s1. The molecular weight excluding hydrogens is 226 g/mol. The van der Waals surface area contributed by atoms with Crippen molar-refractivity contribution in [3.05, 3.63) is 29.8 Å². The Morgan fingerprint density at radius 2 is 1.83 bits per heavy atom. The van der Waals surface area contributed by atoms with Crippen molar-refractivity contribution in [2.45, 2.75) is 31.8 Å². The molecule has 1 heterocycles. The summed E-state index contributed by atoms with van der Waals surface area (Å²) >= 11 is 0. The molecule has 1 aromatic carbocycles. The summed E-state index contributed by atoms with van der Waals surface area (Å²) in [7, 11) is 1.67. The van der Waals surface area contributed by atoms with E-state index in [0.29, 0.717) is 0 Å². The van der Waals surface area contributed by atoms with Gasteiger partial charge in [0.25, 0.3) is 0 Å². The predicted molar refractivity (Wildman–Crippen MR) is 73.0 cm³/mol. The van der Waals surface area contributed by atoms with Crippen LogP contribution in [0.15, 0.2) is 24.3 Å². The molecule has 1 aromatic rings. The Balaban J connectivity index is 1.80. The molecule has 0 bridgehead atoms. The molecule has 3 nitrogen and oxygen atoms in total. The number of likely N-dealkylation sites (tertiary alicyclic amines) is 1. The van der Waals surface area contributed by atoms with Gasteiger partial charge in [-0.05, 0) is 50.0 Å². The highest BCUT2D eigenvalue weighted by molar-refractivity contribution is 5.27. The average Bonchev–Trinajstić information content (AvgIpc) is 2.40. The Labute approximate surface area is 109 Å². The third kappa shape index (κ3) is 4.00. The van der Waals surface area contributed by atoms with E-state index in [-0.39, 0.29) is 6.10 Å². The second-order valence-electron chi connectivity index (χ2n) is 5.07. The van der Waals surface area contributed by atoms with E-state index < -0.39 is 0 Å². The van der Waals surface area contributed by atoms with Crippen molar-refractivity contribution in [2.24, 2.45) is 0 Å². The first-order valence-corrected chi connectivity index (χ1v) is 6.81. The number of benzene rings is 1. The van der Waals surface area contributed by atoms with Gasteiger partial charge in [0, 0.05) is 6.54 Å². The summed E-state index contributed by atoms with van der Waals surface area (Å²) in [6, 6.07) is 7.95. The van der Waals surface area contributed by atoms with Crippen LogP contribution < -0.4 is 4.74 Å². The third-order valence-corrected chi connectivity index (χ3v) is 3.55. The zero-order chi connectivity index (χ0) is 12.8. The van der Waals surface area contributed by atoms with E-state index in [1.165, 1.54) is 24.8 Å². The molecule has 1 atom stereocenters. The summed E-state index contributed by atoms with van der Waals surface area (Å²) in [5.41, 5.74) is 1.17. The second kappa shape index (κ2) is 6.76. The van der Waals surface area contributed by atoms with Crippen LogP contribution in [-0.2, 0) is 6.42 Å². The molecule has 0 aromatic heterocycles. The molecule has 3 heteroatoms. The Morgan fingerprint density at radius 1 is 1.17 bits per heavy atom. The lowest BCUT2D eigenvalue weighted by atomic mass is 10.1. The number of nitrogens with zero attached hydrogens (tertiary/aromatic N) is 1. The zero-order valence-corrected chi connectivity index (χ0v) is 11.1. The van der Waals surface area contributed by atoms with E-state index in [1.807, 2.05) is 24.3 Å². The van der Waals surface area contributed by atoms with Crippen molar-refractivity contribution >= 4 is 0 Å². The fraction of sp³-hybridized carbons (Fsp3) is 0.600. The van der Waals surface area contributed by atoms with Gasteiger partial charge in [-0.2, -0.15) is 0 Å². The molecule has 100 valence electrons. The van der Waals surface area contributed by atoms with Gasteiger partial charge in [-0.15, -0.1) is 0 Å². The van der Waals surface area contributed by atoms with Crippen molar-refractivity contribution < 1.29 is 9.84 Å². The molecule has 1 saturated heterocycles. The van der Waals surface area contributed by atoms with Crippen molar-refractivity contribution in [3.8, 4) is 5.75 Å². The molecule has 0 unspecified atom stereocenters. The van der Waals surface area contributed by atoms with Crippen LogP contribution in [0.2, 0.25) is 0 Å². The number of aliphatic hydroxyl groups is 1. The second-order valence-corrected chi connectivity index (χ2v) is 5.07. The number of hydrogen-bond acceptors (Lipinski definition) is 3. The van der Waals surface area contributed by atoms with Crippen LogP contribution in [0.1, 0.15) is 24.8 Å². The highest BCUT2D eigenvalue weighted by Crippen LogP contribution is 2.14. The normalized spacial score (nSPS) is 18.6. The number of ether oxygens (including phenoxy) is 1. The van der Waals surface area contributed by atoms with Gasteiger partial charge in [0.05, 0.1) is 13.2 Å². The van der Waals surface area contributed by atoms with E-state index >= 15 is 0 Å². The number of rotatable bonds is 5. The summed E-state index contributed by atoms with van der Waals surface area (Å²) in [5.74, 6) is 0.865. The summed E-state index contributed by atoms with van der Waals surface area (Å²) in [6.07, 6.45) is 4.34. The third-order valence-electron chi connectivity index (χ3n) is 3.55. The minimum absolute atomic E-state index is 0.267. The maximum Gasteiger partial charge on any atom is 0.118 e. The molecule has 1 fully saturated rings. The Kier molecular flexibility index (Phi) is 5.02. The maximum atomic E-state index is 10.1. The van der Waals surface area contributed by atoms with Gasteiger partial charge in [-0.3, -0.25) is 0 Å². The molecule has 0 amide bonds. The monoisotopic (exact) mass is 249 g/mol. The lowest BCUT2D eigenvalue weighted by Gasteiger charge is -2.28. The largest absolute Gasteiger partial charge is 0.497 e. The van der Waals surface area contributed by atoms with Gasteiger partial charge in [0.2, 0.25) is 0 Å². The highest BCUT2D eigenvalue weighted by Gasteiger charge is 2.14. The molecule has 2 rings (SSSR count). The average molecular weight is 249 g/mol. The van der Waals surface area contributed by atoms with E-state index in [9.17, 15) is 5.11 Å². The minimum atomic E-state index is -0.267. The topological polar surface area (TPSA) is 32.7 Å². The van der Waals surface area contributed by atoms with E-state index in [4.69, 9.17) is 4.74 Å². The van der Waals surface area contributed by atoms with Gasteiger partial charge in [-0.1, -0.05) is 18.6 Å². The number of β-amino-alcohol motifs (C(OH)–C–C–N with tert-alkyl or cyclic N) is 1. The fourth-order valence-corrected chi connectivity index (χ4v) is 2.54. The molecular formula is C15H23NO2. The molecule has 0 radical (unpaired) electrons. The SMILES string of the molecule is COc1ccc(C[C@@H](O)CN2CCCCC2)cc1. The predicted octanol–water partition coefficient (Wildman–Crippen LogP) is 2.08. The van der Waals surface area contributed by atoms with Crippen LogP contribution in [0.4, 0.5) is 0 Å². The maximum absolute atomic E-state index is 10.1. The molecule has 0 spiro atoms. The van der Waals surface area contributed by atoms with Crippen LogP contribution in [0.25, 0.3) is 0 Å². The smallest absolute Gasteiger partial charge is 0.118 e. The van der Waals surface area contributed by atoms with E-state index in [0.717, 1.165) is 31.8 Å². The first-order valence-electron chi connectivity index (χ1n) is 6.81. The van der Waals surface area contributed by atoms with Crippen LogP contribution in [-0.4, -0.2) is 42.9 Å². The number of piperidine rings is 1. The van der Waals surface area contributed by atoms with Crippen LogP contribution >= 0.6 is 0 Å². The van der Waals surface area contributed by atoms with Gasteiger partial charge in [-0.25, -0.2) is 0 Å². The summed E-state index contributed by atoms with van der Waals surface area (Å²) in [5, 5.41) is 10.1. The van der Waals surface area contributed by atoms with Crippen LogP contribution in [0.5, 0.6) is 5.75 Å². The van der Waals surface area contributed by atoms with Crippen molar-refractivity contribution in [1.29, 1.82) is 0 Å². The summed E-state index contributed by atoms with van der Waals surface area (Å²) < 4.78 is 5.12. The first-order chi connectivity index (χ1) is 8.78. The van der Waals surface area contributed by atoms with Gasteiger partial charge < -0.3 is 14.7 Å². The van der Waals surface area contributed by atoms with Gasteiger partial charge >= 0.3 is 0 Å². The lowest BCUT2D eigenvalue weighted by molar-refractivity contribution is 0.101. The molecule has 1 aliphatic heterocycles. The molecule has 1 N–H and O–H groups in total. The van der Waals surface area contributed by atoms with Crippen molar-refractivity contribution in [1.82, 2.24) is 4.90 Å². The molecule has 0 aliphatic carbocycles. The molecule has 1 aliphatic rings. The molecule has 0 saturated carbocycles. The number of hydrogen-bond donors (Lipinski definition) is 1. The zero-order valence-electron chi connectivity index (χ0n) is 11.1.